The highest BCUT2D eigenvalue weighted by Crippen LogP contribution is 2.24. The Labute approximate surface area is 118 Å². The molecule has 2 aromatic rings. The molecule has 5 nitrogen and oxygen atoms in total. The Morgan fingerprint density at radius 3 is 2.85 bits per heavy atom. The van der Waals surface area contributed by atoms with E-state index in [9.17, 15) is 8.42 Å². The number of ether oxygens (including phenoxy) is 1. The lowest BCUT2D eigenvalue weighted by atomic mass is 9.98. The van der Waals surface area contributed by atoms with Crippen LogP contribution in [0.4, 0.5) is 0 Å². The normalized spacial score (nSPS) is 19.2. The maximum atomic E-state index is 11.4. The minimum absolute atomic E-state index is 0.314. The van der Waals surface area contributed by atoms with Crippen molar-refractivity contribution in [3.8, 4) is 5.75 Å². The predicted octanol–water partition coefficient (Wildman–Crippen LogP) is 1.71. The number of fused-ring (bicyclic) bond motifs is 1. The van der Waals surface area contributed by atoms with E-state index in [0.29, 0.717) is 17.4 Å². The number of pyridine rings is 1. The molecule has 0 unspecified atom stereocenters. The SMILES string of the molecule is COc1ccn2c(CC3CCS(=O)(=O)CC3)ncc2c1. The van der Waals surface area contributed by atoms with Gasteiger partial charge in [0.25, 0.3) is 0 Å². The first-order chi connectivity index (χ1) is 9.57. The van der Waals surface area contributed by atoms with E-state index < -0.39 is 9.84 Å². The van der Waals surface area contributed by atoms with Crippen molar-refractivity contribution >= 4 is 15.4 Å². The highest BCUT2D eigenvalue weighted by molar-refractivity contribution is 7.91. The Balaban J connectivity index is 1.78. The van der Waals surface area contributed by atoms with E-state index in [1.165, 1.54) is 0 Å². The van der Waals surface area contributed by atoms with Gasteiger partial charge in [0.2, 0.25) is 0 Å². The molecule has 0 spiro atoms. The first-order valence-electron chi connectivity index (χ1n) is 6.78. The van der Waals surface area contributed by atoms with Crippen LogP contribution in [0.1, 0.15) is 18.7 Å². The number of aromatic nitrogens is 2. The molecule has 108 valence electrons. The fourth-order valence-corrected chi connectivity index (χ4v) is 4.30. The number of hydrogen-bond acceptors (Lipinski definition) is 4. The molecule has 0 aliphatic carbocycles. The van der Waals surface area contributed by atoms with Gasteiger partial charge in [0.1, 0.15) is 21.4 Å². The Morgan fingerprint density at radius 1 is 1.40 bits per heavy atom. The lowest BCUT2D eigenvalue weighted by Gasteiger charge is -2.21. The molecule has 0 atom stereocenters. The van der Waals surface area contributed by atoms with E-state index in [1.807, 2.05) is 28.9 Å². The fraction of sp³-hybridized carbons (Fsp3) is 0.500. The summed E-state index contributed by atoms with van der Waals surface area (Å²) in [4.78, 5) is 4.46. The molecule has 6 heteroatoms. The molecule has 1 fully saturated rings. The van der Waals surface area contributed by atoms with Gasteiger partial charge in [0.05, 0.1) is 30.3 Å². The van der Waals surface area contributed by atoms with Crippen LogP contribution in [-0.2, 0) is 16.3 Å². The Hall–Kier alpha value is -1.56. The summed E-state index contributed by atoms with van der Waals surface area (Å²) in [6.45, 7) is 0. The number of sulfone groups is 1. The monoisotopic (exact) mass is 294 g/mol. The second kappa shape index (κ2) is 5.09. The van der Waals surface area contributed by atoms with Crippen LogP contribution in [0.25, 0.3) is 5.52 Å². The maximum Gasteiger partial charge on any atom is 0.150 e. The molecular formula is C14H18N2O3S. The van der Waals surface area contributed by atoms with Gasteiger partial charge in [-0.2, -0.15) is 0 Å². The van der Waals surface area contributed by atoms with Gasteiger partial charge >= 0.3 is 0 Å². The summed E-state index contributed by atoms with van der Waals surface area (Å²) in [5.41, 5.74) is 1.00. The van der Waals surface area contributed by atoms with E-state index in [1.54, 1.807) is 7.11 Å². The van der Waals surface area contributed by atoms with E-state index in [2.05, 4.69) is 4.98 Å². The van der Waals surface area contributed by atoms with Gasteiger partial charge in [0, 0.05) is 18.7 Å². The summed E-state index contributed by atoms with van der Waals surface area (Å²) in [6.07, 6.45) is 6.10. The number of rotatable bonds is 3. The largest absolute Gasteiger partial charge is 0.497 e. The molecule has 1 saturated heterocycles. The van der Waals surface area contributed by atoms with Crippen molar-refractivity contribution in [2.45, 2.75) is 19.3 Å². The lowest BCUT2D eigenvalue weighted by molar-refractivity contribution is 0.414. The van der Waals surface area contributed by atoms with Crippen LogP contribution in [0.15, 0.2) is 24.5 Å². The molecule has 2 aromatic heterocycles. The van der Waals surface area contributed by atoms with Gasteiger partial charge in [-0.25, -0.2) is 13.4 Å². The average Bonchev–Trinajstić information content (AvgIpc) is 2.83. The topological polar surface area (TPSA) is 60.7 Å². The highest BCUT2D eigenvalue weighted by Gasteiger charge is 2.24. The molecule has 0 amide bonds. The molecule has 3 heterocycles. The van der Waals surface area contributed by atoms with Crippen molar-refractivity contribution in [1.29, 1.82) is 0 Å². The molecule has 1 aliphatic rings. The third kappa shape index (κ3) is 2.65. The summed E-state index contributed by atoms with van der Waals surface area (Å²) in [5, 5.41) is 0. The number of hydrogen-bond donors (Lipinski definition) is 0. The second-order valence-electron chi connectivity index (χ2n) is 5.34. The summed E-state index contributed by atoms with van der Waals surface area (Å²) in [5.74, 6) is 2.84. The minimum Gasteiger partial charge on any atom is -0.497 e. The van der Waals surface area contributed by atoms with Gasteiger partial charge in [0.15, 0.2) is 0 Å². The van der Waals surface area contributed by atoms with Crippen LogP contribution in [0, 0.1) is 5.92 Å². The minimum atomic E-state index is -2.79. The molecule has 0 N–H and O–H groups in total. The van der Waals surface area contributed by atoms with Crippen LogP contribution in [0.2, 0.25) is 0 Å². The van der Waals surface area contributed by atoms with Gasteiger partial charge in [-0.15, -0.1) is 0 Å². The Bertz CT molecular complexity index is 707. The van der Waals surface area contributed by atoms with Crippen molar-refractivity contribution in [3.05, 3.63) is 30.4 Å². The van der Waals surface area contributed by atoms with E-state index >= 15 is 0 Å². The zero-order valence-electron chi connectivity index (χ0n) is 11.4. The Kier molecular flexibility index (Phi) is 3.41. The fourth-order valence-electron chi connectivity index (χ4n) is 2.71. The highest BCUT2D eigenvalue weighted by atomic mass is 32.2. The van der Waals surface area contributed by atoms with Crippen molar-refractivity contribution in [2.24, 2.45) is 5.92 Å². The zero-order valence-corrected chi connectivity index (χ0v) is 12.3. The molecule has 1 aliphatic heterocycles. The third-order valence-electron chi connectivity index (χ3n) is 3.96. The van der Waals surface area contributed by atoms with Gasteiger partial charge in [-0.3, -0.25) is 0 Å². The third-order valence-corrected chi connectivity index (χ3v) is 5.68. The summed E-state index contributed by atoms with van der Waals surface area (Å²) in [7, 11) is -1.15. The molecule has 3 rings (SSSR count). The van der Waals surface area contributed by atoms with E-state index in [-0.39, 0.29) is 0 Å². The number of nitrogens with zero attached hydrogens (tertiary/aromatic N) is 2. The molecule has 0 bridgehead atoms. The summed E-state index contributed by atoms with van der Waals surface area (Å²) >= 11 is 0. The first kappa shape index (κ1) is 13.4. The van der Waals surface area contributed by atoms with Crippen molar-refractivity contribution < 1.29 is 13.2 Å². The second-order valence-corrected chi connectivity index (χ2v) is 7.64. The maximum absolute atomic E-state index is 11.4. The standard InChI is InChI=1S/C14H18N2O3S/c1-19-13-2-5-16-12(9-13)10-15-14(16)8-11-3-6-20(17,18)7-4-11/h2,5,9-11H,3-4,6-8H2,1H3. The number of methoxy groups -OCH3 is 1. The van der Waals surface area contributed by atoms with Gasteiger partial charge in [-0.05, 0) is 24.8 Å². The summed E-state index contributed by atoms with van der Waals surface area (Å²) in [6, 6.07) is 3.85. The summed E-state index contributed by atoms with van der Waals surface area (Å²) < 4.78 is 30.1. The smallest absolute Gasteiger partial charge is 0.150 e. The van der Waals surface area contributed by atoms with Crippen LogP contribution in [0.5, 0.6) is 5.75 Å². The van der Waals surface area contributed by atoms with Gasteiger partial charge < -0.3 is 9.14 Å². The molecular weight excluding hydrogens is 276 g/mol. The van der Waals surface area contributed by atoms with Crippen LogP contribution < -0.4 is 4.74 Å². The van der Waals surface area contributed by atoms with Crippen molar-refractivity contribution in [2.75, 3.05) is 18.6 Å². The van der Waals surface area contributed by atoms with Crippen molar-refractivity contribution in [1.82, 2.24) is 9.38 Å². The molecule has 20 heavy (non-hydrogen) atoms. The van der Waals surface area contributed by atoms with Crippen molar-refractivity contribution in [3.63, 3.8) is 0 Å². The van der Waals surface area contributed by atoms with E-state index in [4.69, 9.17) is 4.74 Å². The lowest BCUT2D eigenvalue weighted by Crippen LogP contribution is -2.25. The van der Waals surface area contributed by atoms with E-state index in [0.717, 1.165) is 36.4 Å². The van der Waals surface area contributed by atoms with Gasteiger partial charge in [-0.1, -0.05) is 0 Å². The Morgan fingerprint density at radius 2 is 2.15 bits per heavy atom. The van der Waals surface area contributed by atoms with Crippen LogP contribution in [-0.4, -0.2) is 36.4 Å². The predicted molar refractivity (Wildman–Crippen MR) is 76.8 cm³/mol. The zero-order chi connectivity index (χ0) is 14.2. The quantitative estimate of drug-likeness (QED) is 0.864. The molecule has 0 saturated carbocycles. The molecule has 0 aromatic carbocycles. The average molecular weight is 294 g/mol. The van der Waals surface area contributed by atoms with Crippen LogP contribution >= 0.6 is 0 Å². The van der Waals surface area contributed by atoms with Crippen LogP contribution in [0.3, 0.4) is 0 Å². The number of imidazole rings is 1. The first-order valence-corrected chi connectivity index (χ1v) is 8.60. The molecule has 0 radical (unpaired) electrons.